The van der Waals surface area contributed by atoms with Gasteiger partial charge in [-0.1, -0.05) is 0 Å². The number of aromatic hydroxyl groups is 2. The second kappa shape index (κ2) is 4.57. The van der Waals surface area contributed by atoms with Crippen molar-refractivity contribution >= 4 is 0 Å². The van der Waals surface area contributed by atoms with Gasteiger partial charge < -0.3 is 20.7 Å². The van der Waals surface area contributed by atoms with Gasteiger partial charge in [-0.3, -0.25) is 0 Å². The lowest BCUT2D eigenvalue weighted by molar-refractivity contribution is 0.295. The van der Waals surface area contributed by atoms with E-state index in [-0.39, 0.29) is 11.5 Å². The summed E-state index contributed by atoms with van der Waals surface area (Å²) in [5.74, 6) is 0.326. The van der Waals surface area contributed by atoms with E-state index in [9.17, 15) is 5.11 Å². The Hall–Kier alpha value is -1.42. The molecule has 0 heterocycles. The molecule has 0 atom stereocenters. The van der Waals surface area contributed by atoms with Crippen molar-refractivity contribution in [1.82, 2.24) is 0 Å². The van der Waals surface area contributed by atoms with Gasteiger partial charge in [0.25, 0.3) is 0 Å². The fourth-order valence-electron chi connectivity index (χ4n) is 0.893. The molecule has 0 fully saturated rings. The molecule has 0 saturated heterocycles. The maximum atomic E-state index is 9.27. The molecule has 0 amide bonds. The van der Waals surface area contributed by atoms with Gasteiger partial charge >= 0.3 is 0 Å². The maximum Gasteiger partial charge on any atom is 0.161 e. The predicted molar refractivity (Wildman–Crippen MR) is 48.9 cm³/mol. The highest BCUT2D eigenvalue weighted by Gasteiger charge is 2.01. The normalized spacial score (nSPS) is 9.92. The van der Waals surface area contributed by atoms with Crippen molar-refractivity contribution in [2.45, 2.75) is 6.42 Å². The summed E-state index contributed by atoms with van der Waals surface area (Å²) in [4.78, 5) is 0. The van der Waals surface area contributed by atoms with Crippen molar-refractivity contribution in [3.8, 4) is 17.2 Å². The average molecular weight is 183 g/mol. The molecule has 13 heavy (non-hydrogen) atoms. The number of phenolic OH excluding ortho intramolecular Hbond substituents is 2. The van der Waals surface area contributed by atoms with Gasteiger partial charge in [-0.05, 0) is 25.1 Å². The van der Waals surface area contributed by atoms with Crippen molar-refractivity contribution in [3.05, 3.63) is 18.2 Å². The van der Waals surface area contributed by atoms with Crippen LogP contribution in [-0.2, 0) is 0 Å². The van der Waals surface area contributed by atoms with Gasteiger partial charge in [0.05, 0.1) is 6.61 Å². The van der Waals surface area contributed by atoms with Gasteiger partial charge in [0.2, 0.25) is 0 Å². The Kier molecular flexibility index (Phi) is 3.40. The van der Waals surface area contributed by atoms with E-state index < -0.39 is 0 Å². The molecule has 0 saturated carbocycles. The third-order valence-electron chi connectivity index (χ3n) is 1.55. The van der Waals surface area contributed by atoms with Gasteiger partial charge in [-0.2, -0.15) is 0 Å². The zero-order chi connectivity index (χ0) is 9.68. The minimum atomic E-state index is -0.0583. The van der Waals surface area contributed by atoms with Crippen molar-refractivity contribution < 1.29 is 14.9 Å². The molecule has 0 radical (unpaired) electrons. The van der Waals surface area contributed by atoms with Gasteiger partial charge in [0.15, 0.2) is 11.5 Å². The summed E-state index contributed by atoms with van der Waals surface area (Å²) in [6.45, 7) is 1.02. The van der Waals surface area contributed by atoms with E-state index in [0.29, 0.717) is 18.9 Å². The molecular formula is C9H13NO3. The fraction of sp³-hybridized carbons (Fsp3) is 0.333. The van der Waals surface area contributed by atoms with Crippen LogP contribution in [0.1, 0.15) is 6.42 Å². The van der Waals surface area contributed by atoms with E-state index >= 15 is 0 Å². The minimum absolute atomic E-state index is 0.0173. The zero-order valence-corrected chi connectivity index (χ0v) is 7.23. The van der Waals surface area contributed by atoms with E-state index in [0.717, 1.165) is 6.42 Å². The first-order valence-electron chi connectivity index (χ1n) is 4.09. The molecule has 1 aromatic carbocycles. The Morgan fingerprint density at radius 3 is 2.69 bits per heavy atom. The predicted octanol–water partition coefficient (Wildman–Crippen LogP) is 0.825. The number of phenols is 2. The highest BCUT2D eigenvalue weighted by molar-refractivity contribution is 5.43. The van der Waals surface area contributed by atoms with Crippen molar-refractivity contribution in [2.24, 2.45) is 5.73 Å². The largest absolute Gasteiger partial charge is 0.508 e. The zero-order valence-electron chi connectivity index (χ0n) is 7.23. The van der Waals surface area contributed by atoms with E-state index in [2.05, 4.69) is 0 Å². The Balaban J connectivity index is 2.56. The molecule has 0 aliphatic rings. The fourth-order valence-corrected chi connectivity index (χ4v) is 0.893. The number of benzene rings is 1. The Labute approximate surface area is 76.6 Å². The van der Waals surface area contributed by atoms with Crippen LogP contribution in [-0.4, -0.2) is 23.4 Å². The van der Waals surface area contributed by atoms with Crippen molar-refractivity contribution in [1.29, 1.82) is 0 Å². The van der Waals surface area contributed by atoms with Crippen molar-refractivity contribution in [3.63, 3.8) is 0 Å². The molecule has 0 spiro atoms. The molecule has 0 aromatic heterocycles. The maximum absolute atomic E-state index is 9.27. The highest BCUT2D eigenvalue weighted by Crippen LogP contribution is 2.29. The Morgan fingerprint density at radius 1 is 1.31 bits per heavy atom. The molecule has 0 aliphatic carbocycles. The number of ether oxygens (including phenoxy) is 1. The monoisotopic (exact) mass is 183 g/mol. The van der Waals surface area contributed by atoms with Crippen LogP contribution < -0.4 is 10.5 Å². The Bertz CT molecular complexity index is 276. The van der Waals surface area contributed by atoms with Gasteiger partial charge in [0.1, 0.15) is 5.75 Å². The third-order valence-corrected chi connectivity index (χ3v) is 1.55. The van der Waals surface area contributed by atoms with Gasteiger partial charge in [-0.15, -0.1) is 0 Å². The van der Waals surface area contributed by atoms with Crippen LogP contribution in [0.3, 0.4) is 0 Å². The second-order valence-corrected chi connectivity index (χ2v) is 2.64. The topological polar surface area (TPSA) is 75.7 Å². The van der Waals surface area contributed by atoms with Crippen molar-refractivity contribution in [2.75, 3.05) is 13.2 Å². The molecule has 0 bridgehead atoms. The number of hydrogen-bond acceptors (Lipinski definition) is 4. The smallest absolute Gasteiger partial charge is 0.161 e. The summed E-state index contributed by atoms with van der Waals surface area (Å²) in [5, 5.41) is 18.2. The van der Waals surface area contributed by atoms with Crippen LogP contribution in [0.25, 0.3) is 0 Å². The number of hydrogen-bond donors (Lipinski definition) is 3. The molecule has 4 heteroatoms. The van der Waals surface area contributed by atoms with Crippen LogP contribution in [0.15, 0.2) is 18.2 Å². The first-order chi connectivity index (χ1) is 6.24. The summed E-state index contributed by atoms with van der Waals surface area (Å²) < 4.78 is 5.19. The molecule has 4 nitrogen and oxygen atoms in total. The highest BCUT2D eigenvalue weighted by atomic mass is 16.5. The van der Waals surface area contributed by atoms with Crippen LogP contribution in [0.4, 0.5) is 0 Å². The summed E-state index contributed by atoms with van der Waals surface area (Å²) in [6, 6.07) is 4.20. The van der Waals surface area contributed by atoms with E-state index in [1.807, 2.05) is 0 Å². The molecule has 1 rings (SSSR count). The lowest BCUT2D eigenvalue weighted by Gasteiger charge is -2.06. The van der Waals surface area contributed by atoms with Gasteiger partial charge in [0, 0.05) is 6.07 Å². The molecule has 0 unspecified atom stereocenters. The van der Waals surface area contributed by atoms with E-state index in [4.69, 9.17) is 15.6 Å². The van der Waals surface area contributed by atoms with Crippen LogP contribution in [0, 0.1) is 0 Å². The molecular weight excluding hydrogens is 170 g/mol. The third kappa shape index (κ3) is 2.83. The SMILES string of the molecule is NCCCOc1ccc(O)cc1O. The standard InChI is InChI=1S/C9H13NO3/c10-4-1-5-13-9-3-2-7(11)6-8(9)12/h2-3,6,11-12H,1,4-5,10H2. The number of rotatable bonds is 4. The lowest BCUT2D eigenvalue weighted by atomic mass is 10.3. The first kappa shape index (κ1) is 9.67. The quantitative estimate of drug-likeness (QED) is 0.604. The first-order valence-corrected chi connectivity index (χ1v) is 4.09. The lowest BCUT2D eigenvalue weighted by Crippen LogP contribution is -2.06. The van der Waals surface area contributed by atoms with Crippen LogP contribution >= 0.6 is 0 Å². The van der Waals surface area contributed by atoms with E-state index in [1.165, 1.54) is 18.2 Å². The number of nitrogens with two attached hydrogens (primary N) is 1. The summed E-state index contributed by atoms with van der Waals surface area (Å²) >= 11 is 0. The summed E-state index contributed by atoms with van der Waals surface area (Å²) in [7, 11) is 0. The molecule has 72 valence electrons. The molecule has 4 N–H and O–H groups in total. The molecule has 0 aliphatic heterocycles. The van der Waals surface area contributed by atoms with E-state index in [1.54, 1.807) is 0 Å². The average Bonchev–Trinajstić information content (AvgIpc) is 2.09. The van der Waals surface area contributed by atoms with Crippen LogP contribution in [0.5, 0.6) is 17.2 Å². The summed E-state index contributed by atoms with van der Waals surface area (Å²) in [5.41, 5.74) is 5.27. The molecule has 1 aromatic rings. The van der Waals surface area contributed by atoms with Gasteiger partial charge in [-0.25, -0.2) is 0 Å². The minimum Gasteiger partial charge on any atom is -0.508 e. The summed E-state index contributed by atoms with van der Waals surface area (Å²) in [6.07, 6.45) is 0.736. The Morgan fingerprint density at radius 2 is 2.08 bits per heavy atom. The second-order valence-electron chi connectivity index (χ2n) is 2.64. The van der Waals surface area contributed by atoms with Crippen LogP contribution in [0.2, 0.25) is 0 Å².